The molecule has 0 aliphatic heterocycles. The van der Waals surface area contributed by atoms with Crippen LogP contribution in [0.15, 0.2) is 96.2 Å². The predicted molar refractivity (Wildman–Crippen MR) is 161 cm³/mol. The molecule has 216 valence electrons. The molecule has 0 saturated heterocycles. The molecule has 0 atom stereocenters. The second-order valence-corrected chi connectivity index (χ2v) is 12.8. The van der Waals surface area contributed by atoms with E-state index < -0.39 is 21.7 Å². The highest BCUT2D eigenvalue weighted by molar-refractivity contribution is 7.89. The summed E-state index contributed by atoms with van der Waals surface area (Å²) in [5.74, 6) is 0.741. The summed E-state index contributed by atoms with van der Waals surface area (Å²) in [5.41, 5.74) is 1.51. The van der Waals surface area contributed by atoms with Gasteiger partial charge < -0.3 is 14.4 Å². The van der Waals surface area contributed by atoms with Crippen LogP contribution in [0.1, 0.15) is 31.9 Å². The highest BCUT2D eigenvalue weighted by Crippen LogP contribution is 2.25. The number of carbonyl (C=O) groups excluding carboxylic acids is 1. The average molecular weight is 576 g/mol. The maximum Gasteiger partial charge on any atom is 0.410 e. The van der Waals surface area contributed by atoms with Gasteiger partial charge >= 0.3 is 6.09 Å². The number of amides is 1. The normalized spacial score (nSPS) is 11.9. The van der Waals surface area contributed by atoms with Crippen LogP contribution in [0.2, 0.25) is 0 Å². The number of ether oxygens (including phenoxy) is 2. The van der Waals surface area contributed by atoms with Gasteiger partial charge in [-0.1, -0.05) is 60.7 Å². The Morgan fingerprint density at radius 3 is 2.37 bits per heavy atom. The smallest absolute Gasteiger partial charge is 0.410 e. The number of rotatable bonds is 11. The number of sulfonamides is 1. The molecule has 9 heteroatoms. The Morgan fingerprint density at radius 2 is 1.61 bits per heavy atom. The number of benzene rings is 3. The molecule has 41 heavy (non-hydrogen) atoms. The molecule has 1 amide bonds. The van der Waals surface area contributed by atoms with Crippen LogP contribution in [-0.2, 0) is 21.2 Å². The van der Waals surface area contributed by atoms with Crippen LogP contribution in [0.3, 0.4) is 0 Å². The topological polar surface area (TPSA) is 89.0 Å². The monoisotopic (exact) mass is 575 g/mol. The van der Waals surface area contributed by atoms with Crippen molar-refractivity contribution in [3.8, 4) is 5.75 Å². The molecule has 1 heterocycles. The minimum absolute atomic E-state index is 0.0770. The summed E-state index contributed by atoms with van der Waals surface area (Å²) in [5, 5.41) is 1.34. The van der Waals surface area contributed by atoms with Crippen LogP contribution in [0, 0.1) is 0 Å². The van der Waals surface area contributed by atoms with E-state index in [-0.39, 0.29) is 31.1 Å². The highest BCUT2D eigenvalue weighted by atomic mass is 32.2. The largest absolute Gasteiger partial charge is 0.491 e. The molecule has 1 aromatic heterocycles. The minimum Gasteiger partial charge on any atom is -0.491 e. The van der Waals surface area contributed by atoms with Gasteiger partial charge in [0.1, 0.15) is 18.0 Å². The zero-order chi connectivity index (χ0) is 29.5. The van der Waals surface area contributed by atoms with E-state index >= 15 is 0 Å². The van der Waals surface area contributed by atoms with Crippen molar-refractivity contribution in [3.63, 3.8) is 0 Å². The first-order valence-electron chi connectivity index (χ1n) is 13.6. The number of carbonyl (C=O) groups is 1. The van der Waals surface area contributed by atoms with Crippen molar-refractivity contribution < 1.29 is 22.7 Å². The molecule has 0 radical (unpaired) electrons. The molecule has 0 saturated carbocycles. The zero-order valence-corrected chi connectivity index (χ0v) is 24.8. The summed E-state index contributed by atoms with van der Waals surface area (Å²) in [7, 11) is -2.31. The van der Waals surface area contributed by atoms with Crippen LogP contribution in [0.25, 0.3) is 10.8 Å². The molecule has 0 fully saturated rings. The van der Waals surface area contributed by atoms with Gasteiger partial charge in [0.2, 0.25) is 10.0 Å². The van der Waals surface area contributed by atoms with Crippen molar-refractivity contribution >= 4 is 26.9 Å². The second-order valence-electron chi connectivity index (χ2n) is 10.8. The van der Waals surface area contributed by atoms with Crippen molar-refractivity contribution in [1.29, 1.82) is 0 Å². The van der Waals surface area contributed by atoms with E-state index in [1.165, 1.54) is 21.8 Å². The lowest BCUT2D eigenvalue weighted by Crippen LogP contribution is -2.43. The number of aromatic nitrogens is 1. The number of para-hydroxylation sites is 1. The molecule has 4 aromatic rings. The maximum atomic E-state index is 13.5. The van der Waals surface area contributed by atoms with Crippen molar-refractivity contribution in [3.05, 3.63) is 102 Å². The van der Waals surface area contributed by atoms with Gasteiger partial charge in [0, 0.05) is 49.7 Å². The Labute approximate surface area is 242 Å². The fraction of sp³-hybridized carbons (Fsp3) is 0.312. The van der Waals surface area contributed by atoms with Gasteiger partial charge in [0.25, 0.3) is 0 Å². The minimum atomic E-state index is -3.83. The first-order valence-corrected chi connectivity index (χ1v) is 15.0. The summed E-state index contributed by atoms with van der Waals surface area (Å²) < 4.78 is 40.0. The number of pyridine rings is 1. The molecule has 0 spiro atoms. The summed E-state index contributed by atoms with van der Waals surface area (Å²) in [6.07, 6.45) is 3.40. The van der Waals surface area contributed by atoms with Crippen LogP contribution in [0.5, 0.6) is 5.75 Å². The van der Waals surface area contributed by atoms with E-state index in [0.29, 0.717) is 5.39 Å². The molecule has 0 N–H and O–H groups in total. The third kappa shape index (κ3) is 8.05. The number of hydrogen-bond acceptors (Lipinski definition) is 6. The second kappa shape index (κ2) is 13.1. The summed E-state index contributed by atoms with van der Waals surface area (Å²) in [4.78, 5) is 18.9. The zero-order valence-electron chi connectivity index (χ0n) is 24.0. The molecular weight excluding hydrogens is 538 g/mol. The Bertz CT molecular complexity index is 1560. The van der Waals surface area contributed by atoms with Gasteiger partial charge in [0.15, 0.2) is 0 Å². The molecule has 8 nitrogen and oxygen atoms in total. The lowest BCUT2D eigenvalue weighted by Gasteiger charge is -2.29. The first kappa shape index (κ1) is 30.0. The van der Waals surface area contributed by atoms with E-state index in [2.05, 4.69) is 17.1 Å². The lowest BCUT2D eigenvalue weighted by molar-refractivity contribution is 0.0221. The molecular formula is C32H37N3O5S. The van der Waals surface area contributed by atoms with Crippen molar-refractivity contribution in [1.82, 2.24) is 14.2 Å². The number of hydrogen-bond donors (Lipinski definition) is 0. The van der Waals surface area contributed by atoms with Crippen molar-refractivity contribution in [2.75, 3.05) is 33.3 Å². The van der Waals surface area contributed by atoms with Gasteiger partial charge in [-0.05, 0) is 50.1 Å². The fourth-order valence-electron chi connectivity index (χ4n) is 4.36. The molecule has 3 aromatic carbocycles. The molecule has 0 unspecified atom stereocenters. The van der Waals surface area contributed by atoms with E-state index in [4.69, 9.17) is 9.47 Å². The van der Waals surface area contributed by atoms with Gasteiger partial charge in [-0.3, -0.25) is 4.98 Å². The molecule has 0 aliphatic rings. The Kier molecular flexibility index (Phi) is 9.62. The number of nitrogens with zero attached hydrogens (tertiary/aromatic N) is 3. The van der Waals surface area contributed by atoms with Gasteiger partial charge in [-0.25, -0.2) is 13.2 Å². The van der Waals surface area contributed by atoms with Gasteiger partial charge in [0.05, 0.1) is 11.4 Å². The summed E-state index contributed by atoms with van der Waals surface area (Å²) >= 11 is 0. The quantitative estimate of drug-likeness (QED) is 0.226. The van der Waals surface area contributed by atoms with Gasteiger partial charge in [-0.15, -0.1) is 0 Å². The third-order valence-electron chi connectivity index (χ3n) is 6.49. The van der Waals surface area contributed by atoms with Crippen LogP contribution >= 0.6 is 0 Å². The van der Waals surface area contributed by atoms with Crippen LogP contribution in [-0.4, -0.2) is 67.6 Å². The fourth-order valence-corrected chi connectivity index (χ4v) is 5.73. The summed E-state index contributed by atoms with van der Waals surface area (Å²) in [6.45, 7) is 6.04. The maximum absolute atomic E-state index is 13.5. The first-order chi connectivity index (χ1) is 19.5. The average Bonchev–Trinajstić information content (AvgIpc) is 2.94. The lowest BCUT2D eigenvalue weighted by atomic mass is 10.0. The third-order valence-corrected chi connectivity index (χ3v) is 8.41. The van der Waals surface area contributed by atoms with E-state index in [9.17, 15) is 13.2 Å². The number of fused-ring (bicyclic) bond motifs is 1. The number of likely N-dealkylation sites (N-methyl/N-ethyl adjacent to an activating group) is 1. The van der Waals surface area contributed by atoms with E-state index in [1.807, 2.05) is 48.5 Å². The predicted octanol–water partition coefficient (Wildman–Crippen LogP) is 5.76. The Hall–Kier alpha value is -3.95. The molecule has 0 aliphatic carbocycles. The van der Waals surface area contributed by atoms with E-state index in [0.717, 1.165) is 23.1 Å². The van der Waals surface area contributed by atoms with Gasteiger partial charge in [-0.2, -0.15) is 4.31 Å². The summed E-state index contributed by atoms with van der Waals surface area (Å²) in [6, 6.07) is 24.8. The van der Waals surface area contributed by atoms with E-state index in [1.54, 1.807) is 51.4 Å². The van der Waals surface area contributed by atoms with Crippen molar-refractivity contribution in [2.24, 2.45) is 0 Å². The molecule has 4 rings (SSSR count). The standard InChI is InChI=1S/C32H37N3O5S/c1-32(2,3)40-31(36)35(21-22-39-29-15-9-8-13-26(29)23-25-11-6-5-7-12-25)20-19-34(4)41(37,38)30-16-10-14-27-24-33-18-17-28(27)30/h5-18,24H,19-23H2,1-4H3. The Morgan fingerprint density at radius 1 is 0.878 bits per heavy atom. The van der Waals surface area contributed by atoms with Crippen LogP contribution in [0.4, 0.5) is 4.79 Å². The highest BCUT2D eigenvalue weighted by Gasteiger charge is 2.26. The SMILES string of the molecule is CN(CCN(CCOc1ccccc1Cc1ccccc1)C(=O)OC(C)(C)C)S(=O)(=O)c1cccc2cnccc12. The van der Waals surface area contributed by atoms with Crippen molar-refractivity contribution in [2.45, 2.75) is 37.7 Å². The Balaban J connectivity index is 1.45. The molecule has 0 bridgehead atoms. The van der Waals surface area contributed by atoms with Crippen LogP contribution < -0.4 is 4.74 Å².